The van der Waals surface area contributed by atoms with Crippen molar-refractivity contribution in [3.05, 3.63) is 41.5 Å². The van der Waals surface area contributed by atoms with E-state index < -0.39 is 30.5 Å². The molecule has 182 valence electrons. The summed E-state index contributed by atoms with van der Waals surface area (Å²) >= 11 is 1.27. The van der Waals surface area contributed by atoms with Crippen LogP contribution >= 0.6 is 11.3 Å². The van der Waals surface area contributed by atoms with E-state index in [4.69, 9.17) is 0 Å². The molecule has 3 amide bonds. The molecule has 2 aliphatic heterocycles. The minimum Gasteiger partial charge on any atom is -0.339 e. The van der Waals surface area contributed by atoms with Gasteiger partial charge in [-0.2, -0.15) is 13.2 Å². The summed E-state index contributed by atoms with van der Waals surface area (Å²) in [4.78, 5) is 41.8. The number of halogens is 3. The number of rotatable bonds is 5. The highest BCUT2D eigenvalue weighted by atomic mass is 32.1. The van der Waals surface area contributed by atoms with Crippen LogP contribution in [0, 0.1) is 12.8 Å². The molecule has 6 nitrogen and oxygen atoms in total. The average molecular weight is 494 g/mol. The predicted molar refractivity (Wildman–Crippen MR) is 124 cm³/mol. The van der Waals surface area contributed by atoms with E-state index in [1.807, 2.05) is 37.3 Å². The normalized spacial score (nSPS) is 18.9. The standard InChI is InChI=1S/C24H26F3N3O3S/c1-15-19(23(33)29-10-6-3-7-11-29)22(34-20(15)16-8-4-2-5-9-16)28-21(32)17-12-18(31)30(13-17)14-24(25,26)27/h2,4-5,8-9,17H,3,6-7,10-14H2,1H3,(H,28,32). The summed E-state index contributed by atoms with van der Waals surface area (Å²) in [5.74, 6) is -2.32. The molecule has 3 heterocycles. The van der Waals surface area contributed by atoms with Crippen LogP contribution in [0.15, 0.2) is 30.3 Å². The zero-order valence-electron chi connectivity index (χ0n) is 18.8. The number of hydrogen-bond acceptors (Lipinski definition) is 4. The number of carbonyl (C=O) groups is 3. The third kappa shape index (κ3) is 5.27. The fourth-order valence-corrected chi connectivity index (χ4v) is 5.72. The lowest BCUT2D eigenvalue weighted by molar-refractivity contribution is -0.157. The van der Waals surface area contributed by atoms with Gasteiger partial charge in [-0.1, -0.05) is 30.3 Å². The summed E-state index contributed by atoms with van der Waals surface area (Å²) < 4.78 is 38.2. The molecule has 2 aromatic rings. The monoisotopic (exact) mass is 493 g/mol. The van der Waals surface area contributed by atoms with Gasteiger partial charge >= 0.3 is 6.18 Å². The highest BCUT2D eigenvalue weighted by Crippen LogP contribution is 2.41. The summed E-state index contributed by atoms with van der Waals surface area (Å²) in [7, 11) is 0. The van der Waals surface area contributed by atoms with E-state index in [9.17, 15) is 27.6 Å². The zero-order valence-corrected chi connectivity index (χ0v) is 19.6. The number of alkyl halides is 3. The molecule has 1 atom stereocenters. The number of benzene rings is 1. The second-order valence-electron chi connectivity index (χ2n) is 8.76. The summed E-state index contributed by atoms with van der Waals surface area (Å²) in [6.07, 6.45) is -1.91. The topological polar surface area (TPSA) is 69.7 Å². The van der Waals surface area contributed by atoms with Crippen LogP contribution < -0.4 is 5.32 Å². The third-order valence-corrected chi connectivity index (χ3v) is 7.49. The Morgan fingerprint density at radius 3 is 2.44 bits per heavy atom. The van der Waals surface area contributed by atoms with Crippen LogP contribution in [-0.4, -0.2) is 59.9 Å². The average Bonchev–Trinajstić information content (AvgIpc) is 3.32. The Balaban J connectivity index is 1.61. The van der Waals surface area contributed by atoms with Crippen molar-refractivity contribution in [3.8, 4) is 10.4 Å². The predicted octanol–water partition coefficient (Wildman–Crippen LogP) is 4.70. The molecule has 1 aromatic carbocycles. The number of anilines is 1. The Bertz CT molecular complexity index is 1080. The van der Waals surface area contributed by atoms with Gasteiger partial charge in [-0.3, -0.25) is 14.4 Å². The molecular weight excluding hydrogens is 467 g/mol. The van der Waals surface area contributed by atoms with E-state index in [-0.39, 0.29) is 18.9 Å². The molecule has 2 fully saturated rings. The minimum atomic E-state index is -4.52. The molecule has 0 radical (unpaired) electrons. The maximum absolute atomic E-state index is 13.4. The Kier molecular flexibility index (Phi) is 6.97. The second kappa shape index (κ2) is 9.77. The van der Waals surface area contributed by atoms with Gasteiger partial charge in [0.15, 0.2) is 0 Å². The van der Waals surface area contributed by atoms with Crippen LogP contribution in [0.1, 0.15) is 41.6 Å². The molecule has 0 bridgehead atoms. The highest BCUT2D eigenvalue weighted by molar-refractivity contribution is 7.20. The van der Waals surface area contributed by atoms with Gasteiger partial charge in [0, 0.05) is 30.9 Å². The van der Waals surface area contributed by atoms with E-state index in [1.165, 1.54) is 11.3 Å². The minimum absolute atomic E-state index is 0.160. The van der Waals surface area contributed by atoms with Crippen LogP contribution in [0.2, 0.25) is 0 Å². The first-order chi connectivity index (χ1) is 16.1. The first-order valence-corrected chi connectivity index (χ1v) is 12.1. The summed E-state index contributed by atoms with van der Waals surface area (Å²) in [5.41, 5.74) is 2.07. The lowest BCUT2D eigenvalue weighted by Gasteiger charge is -2.27. The Hall–Kier alpha value is -2.88. The molecule has 10 heteroatoms. The van der Waals surface area contributed by atoms with Crippen molar-refractivity contribution in [1.29, 1.82) is 0 Å². The molecular formula is C24H26F3N3O3S. The lowest BCUT2D eigenvalue weighted by atomic mass is 10.0. The van der Waals surface area contributed by atoms with E-state index >= 15 is 0 Å². The third-order valence-electron chi connectivity index (χ3n) is 6.23. The van der Waals surface area contributed by atoms with Crippen molar-refractivity contribution in [3.63, 3.8) is 0 Å². The van der Waals surface area contributed by atoms with Crippen molar-refractivity contribution < 1.29 is 27.6 Å². The molecule has 1 aromatic heterocycles. The molecule has 2 aliphatic rings. The van der Waals surface area contributed by atoms with E-state index in [1.54, 1.807) is 4.90 Å². The fraction of sp³-hybridized carbons (Fsp3) is 0.458. The van der Waals surface area contributed by atoms with Gasteiger partial charge in [-0.15, -0.1) is 11.3 Å². The van der Waals surface area contributed by atoms with Crippen LogP contribution in [0.4, 0.5) is 18.2 Å². The van der Waals surface area contributed by atoms with Crippen LogP contribution in [0.5, 0.6) is 0 Å². The number of thiophene rings is 1. The SMILES string of the molecule is Cc1c(-c2ccccc2)sc(NC(=O)C2CC(=O)N(CC(F)(F)F)C2)c1C(=O)N1CCCCC1. The maximum atomic E-state index is 13.4. The molecule has 1 N–H and O–H groups in total. The second-order valence-corrected chi connectivity index (χ2v) is 9.78. The fourth-order valence-electron chi connectivity index (χ4n) is 4.51. The Morgan fingerprint density at radius 2 is 1.79 bits per heavy atom. The Labute approximate surface area is 199 Å². The van der Waals surface area contributed by atoms with Gasteiger partial charge in [0.2, 0.25) is 11.8 Å². The number of nitrogens with zero attached hydrogens (tertiary/aromatic N) is 2. The lowest BCUT2D eigenvalue weighted by Crippen LogP contribution is -2.37. The number of amides is 3. The van der Waals surface area contributed by atoms with Crippen molar-refractivity contribution in [2.75, 3.05) is 31.5 Å². The molecule has 0 saturated carbocycles. The number of piperidine rings is 1. The maximum Gasteiger partial charge on any atom is 0.406 e. The van der Waals surface area contributed by atoms with Crippen molar-refractivity contribution in [1.82, 2.24) is 9.80 Å². The van der Waals surface area contributed by atoms with E-state index in [2.05, 4.69) is 5.32 Å². The number of likely N-dealkylation sites (tertiary alicyclic amines) is 2. The molecule has 1 unspecified atom stereocenters. The summed E-state index contributed by atoms with van der Waals surface area (Å²) in [6.45, 7) is 1.47. The molecule has 4 rings (SSSR count). The number of hydrogen-bond donors (Lipinski definition) is 1. The largest absolute Gasteiger partial charge is 0.406 e. The van der Waals surface area contributed by atoms with Gasteiger partial charge in [0.1, 0.15) is 11.5 Å². The first-order valence-electron chi connectivity index (χ1n) is 11.3. The summed E-state index contributed by atoms with van der Waals surface area (Å²) in [6, 6.07) is 9.50. The summed E-state index contributed by atoms with van der Waals surface area (Å²) in [5, 5.41) is 3.15. The van der Waals surface area contributed by atoms with Crippen LogP contribution in [0.3, 0.4) is 0 Å². The smallest absolute Gasteiger partial charge is 0.339 e. The van der Waals surface area contributed by atoms with Gasteiger partial charge < -0.3 is 15.1 Å². The first kappa shape index (κ1) is 24.3. The molecule has 0 spiro atoms. The highest BCUT2D eigenvalue weighted by Gasteiger charge is 2.41. The van der Waals surface area contributed by atoms with Crippen molar-refractivity contribution in [2.24, 2.45) is 5.92 Å². The van der Waals surface area contributed by atoms with Crippen molar-refractivity contribution >= 4 is 34.1 Å². The number of carbonyl (C=O) groups excluding carboxylic acids is 3. The Morgan fingerprint density at radius 1 is 1.12 bits per heavy atom. The zero-order chi connectivity index (χ0) is 24.5. The van der Waals surface area contributed by atoms with Crippen LogP contribution in [0.25, 0.3) is 10.4 Å². The molecule has 0 aliphatic carbocycles. The molecule has 34 heavy (non-hydrogen) atoms. The van der Waals surface area contributed by atoms with E-state index in [0.29, 0.717) is 28.6 Å². The van der Waals surface area contributed by atoms with E-state index in [0.717, 1.165) is 35.3 Å². The van der Waals surface area contributed by atoms with Crippen LogP contribution in [-0.2, 0) is 9.59 Å². The number of nitrogens with one attached hydrogen (secondary N) is 1. The van der Waals surface area contributed by atoms with Gasteiger partial charge in [-0.25, -0.2) is 0 Å². The van der Waals surface area contributed by atoms with Crippen molar-refractivity contribution in [2.45, 2.75) is 38.8 Å². The van der Waals surface area contributed by atoms with Gasteiger partial charge in [0.25, 0.3) is 5.91 Å². The van der Waals surface area contributed by atoms with Gasteiger partial charge in [-0.05, 0) is 37.3 Å². The molecule has 2 saturated heterocycles. The van der Waals surface area contributed by atoms with Gasteiger partial charge in [0.05, 0.1) is 11.5 Å². The quantitative estimate of drug-likeness (QED) is 0.657.